The summed E-state index contributed by atoms with van der Waals surface area (Å²) in [5, 5.41) is 3.98. The summed E-state index contributed by atoms with van der Waals surface area (Å²) < 4.78 is 2.12. The molecule has 1 heterocycles. The molecule has 2 aromatic rings. The van der Waals surface area contributed by atoms with E-state index in [9.17, 15) is 4.79 Å². The molecule has 1 atom stereocenters. The van der Waals surface area contributed by atoms with E-state index in [1.54, 1.807) is 11.3 Å². The number of thiazole rings is 1. The van der Waals surface area contributed by atoms with Crippen LogP contribution in [0.15, 0.2) is 22.7 Å². The van der Waals surface area contributed by atoms with E-state index in [1.165, 1.54) is 0 Å². The number of fused-ring (bicyclic) bond motifs is 1. The lowest BCUT2D eigenvalue weighted by Crippen LogP contribution is -2.41. The normalized spacial score (nSPS) is 12.4. The van der Waals surface area contributed by atoms with Gasteiger partial charge in [0.1, 0.15) is 6.04 Å². The molecule has 1 amide bonds. The van der Waals surface area contributed by atoms with E-state index < -0.39 is 0 Å². The molecule has 1 aromatic heterocycles. The van der Waals surface area contributed by atoms with Crippen LogP contribution in [0.1, 0.15) is 20.8 Å². The van der Waals surface area contributed by atoms with Gasteiger partial charge in [0.05, 0.1) is 10.2 Å². The van der Waals surface area contributed by atoms with Crippen molar-refractivity contribution in [3.8, 4) is 0 Å². The maximum atomic E-state index is 12.2. The van der Waals surface area contributed by atoms with E-state index in [0.29, 0.717) is 0 Å². The second kappa shape index (κ2) is 6.54. The molecule has 0 aliphatic heterocycles. The highest BCUT2D eigenvalue weighted by Gasteiger charge is 2.19. The Morgan fingerprint density at radius 2 is 2.15 bits per heavy atom. The second-order valence-electron chi connectivity index (χ2n) is 4.51. The van der Waals surface area contributed by atoms with Gasteiger partial charge in [-0.25, -0.2) is 4.98 Å². The molecule has 6 heteroatoms. The van der Waals surface area contributed by atoms with Crippen LogP contribution in [0.25, 0.3) is 10.2 Å². The molecule has 0 aliphatic rings. The van der Waals surface area contributed by atoms with Crippen LogP contribution in [0.5, 0.6) is 0 Å². The lowest BCUT2D eigenvalue weighted by atomic mass is 10.3. The number of nitrogens with one attached hydrogen (secondary N) is 1. The fourth-order valence-corrected chi connectivity index (χ4v) is 3.30. The summed E-state index contributed by atoms with van der Waals surface area (Å²) in [6.45, 7) is 7.32. The van der Waals surface area contributed by atoms with Gasteiger partial charge in [0.2, 0.25) is 5.91 Å². The van der Waals surface area contributed by atoms with Crippen molar-refractivity contribution in [2.24, 2.45) is 0 Å². The van der Waals surface area contributed by atoms with E-state index in [0.717, 1.165) is 32.9 Å². The molecule has 0 saturated carbocycles. The fourth-order valence-electron chi connectivity index (χ4n) is 2.02. The number of carbonyl (C=O) groups is 1. The number of carbonyl (C=O) groups excluding carboxylic acids is 1. The van der Waals surface area contributed by atoms with Crippen LogP contribution in [-0.4, -0.2) is 34.9 Å². The first kappa shape index (κ1) is 15.3. The number of likely N-dealkylation sites (N-methyl/N-ethyl adjacent to an activating group) is 1. The summed E-state index contributed by atoms with van der Waals surface area (Å²) >= 11 is 5.00. The molecule has 0 spiro atoms. The predicted molar refractivity (Wildman–Crippen MR) is 88.3 cm³/mol. The van der Waals surface area contributed by atoms with Crippen LogP contribution < -0.4 is 5.32 Å². The maximum Gasteiger partial charge on any atom is 0.244 e. The molecule has 20 heavy (non-hydrogen) atoms. The topological polar surface area (TPSA) is 45.2 Å². The van der Waals surface area contributed by atoms with Gasteiger partial charge in [0.15, 0.2) is 5.13 Å². The number of hydrogen-bond donors (Lipinski definition) is 1. The van der Waals surface area contributed by atoms with E-state index >= 15 is 0 Å². The predicted octanol–water partition coefficient (Wildman–Crippen LogP) is 3.73. The lowest BCUT2D eigenvalue weighted by molar-refractivity contribution is -0.131. The third-order valence-corrected chi connectivity index (χ3v) is 4.60. The Kier molecular flexibility index (Phi) is 4.99. The highest BCUT2D eigenvalue weighted by Crippen LogP contribution is 2.28. The van der Waals surface area contributed by atoms with Gasteiger partial charge < -0.3 is 10.2 Å². The van der Waals surface area contributed by atoms with Crippen LogP contribution in [-0.2, 0) is 4.79 Å². The van der Waals surface area contributed by atoms with Gasteiger partial charge in [-0.1, -0.05) is 27.3 Å². The van der Waals surface area contributed by atoms with Crippen molar-refractivity contribution < 1.29 is 4.79 Å². The number of amides is 1. The lowest BCUT2D eigenvalue weighted by Gasteiger charge is -2.23. The summed E-state index contributed by atoms with van der Waals surface area (Å²) in [5.41, 5.74) is 0.939. The summed E-state index contributed by atoms with van der Waals surface area (Å²) in [4.78, 5) is 18.5. The number of benzene rings is 1. The van der Waals surface area contributed by atoms with Crippen molar-refractivity contribution in [3.63, 3.8) is 0 Å². The van der Waals surface area contributed by atoms with Crippen LogP contribution >= 0.6 is 27.3 Å². The summed E-state index contributed by atoms with van der Waals surface area (Å²) in [7, 11) is 0. The first-order chi connectivity index (χ1) is 9.55. The number of hydrogen-bond acceptors (Lipinski definition) is 4. The Labute approximate surface area is 131 Å². The second-order valence-corrected chi connectivity index (χ2v) is 6.45. The zero-order valence-electron chi connectivity index (χ0n) is 11.8. The Balaban J connectivity index is 2.13. The Hall–Kier alpha value is -1.14. The highest BCUT2D eigenvalue weighted by atomic mass is 79.9. The minimum Gasteiger partial charge on any atom is -0.350 e. The van der Waals surface area contributed by atoms with Gasteiger partial charge in [-0.05, 0) is 39.0 Å². The molecule has 0 fully saturated rings. The molecule has 0 saturated heterocycles. The number of halogens is 1. The molecule has 0 aliphatic carbocycles. The Morgan fingerprint density at radius 3 is 2.80 bits per heavy atom. The summed E-state index contributed by atoms with van der Waals surface area (Å²) in [6.07, 6.45) is 0. The average Bonchev–Trinajstić information content (AvgIpc) is 2.81. The molecule has 1 unspecified atom stereocenters. The quantitative estimate of drug-likeness (QED) is 0.888. The van der Waals surface area contributed by atoms with Crippen LogP contribution in [0.4, 0.5) is 5.13 Å². The first-order valence-electron chi connectivity index (χ1n) is 6.66. The van der Waals surface area contributed by atoms with Crippen LogP contribution in [0.2, 0.25) is 0 Å². The highest BCUT2D eigenvalue weighted by molar-refractivity contribution is 9.10. The van der Waals surface area contributed by atoms with Crippen molar-refractivity contribution in [2.45, 2.75) is 26.8 Å². The third kappa shape index (κ3) is 3.30. The summed E-state index contributed by atoms with van der Waals surface area (Å²) in [5.74, 6) is 0.107. The molecule has 1 aromatic carbocycles. The van der Waals surface area contributed by atoms with Gasteiger partial charge in [0, 0.05) is 17.6 Å². The third-order valence-electron chi connectivity index (χ3n) is 3.14. The number of rotatable bonds is 5. The summed E-state index contributed by atoms with van der Waals surface area (Å²) in [6, 6.07) is 5.74. The van der Waals surface area contributed by atoms with Gasteiger partial charge in [-0.3, -0.25) is 4.79 Å². The van der Waals surface area contributed by atoms with Crippen LogP contribution in [0.3, 0.4) is 0 Å². The van der Waals surface area contributed by atoms with Crippen LogP contribution in [0, 0.1) is 0 Å². The SMILES string of the molecule is CCN(CC)C(=O)C(C)Nc1nc2cc(Br)ccc2s1. The molecule has 0 bridgehead atoms. The largest absolute Gasteiger partial charge is 0.350 e. The van der Waals surface area contributed by atoms with Gasteiger partial charge in [0.25, 0.3) is 0 Å². The number of anilines is 1. The zero-order valence-corrected chi connectivity index (χ0v) is 14.2. The monoisotopic (exact) mass is 355 g/mol. The molecule has 108 valence electrons. The standard InChI is InChI=1S/C14H18BrN3OS/c1-4-18(5-2)13(19)9(3)16-14-17-11-8-10(15)6-7-12(11)20-14/h6-9H,4-5H2,1-3H3,(H,16,17). The molecule has 4 nitrogen and oxygen atoms in total. The smallest absolute Gasteiger partial charge is 0.244 e. The van der Waals surface area contributed by atoms with E-state index in [4.69, 9.17) is 0 Å². The maximum absolute atomic E-state index is 12.2. The van der Waals surface area contributed by atoms with Crippen molar-refractivity contribution in [2.75, 3.05) is 18.4 Å². The molecule has 0 radical (unpaired) electrons. The molecule has 1 N–H and O–H groups in total. The number of nitrogens with zero attached hydrogens (tertiary/aromatic N) is 2. The van der Waals surface area contributed by atoms with Gasteiger partial charge in [-0.2, -0.15) is 0 Å². The minimum absolute atomic E-state index is 0.107. The van der Waals surface area contributed by atoms with Gasteiger partial charge in [-0.15, -0.1) is 0 Å². The molecular formula is C14H18BrN3OS. The van der Waals surface area contributed by atoms with Crippen molar-refractivity contribution in [1.82, 2.24) is 9.88 Å². The zero-order chi connectivity index (χ0) is 14.7. The van der Waals surface area contributed by atoms with E-state index in [-0.39, 0.29) is 11.9 Å². The Bertz CT molecular complexity index is 609. The van der Waals surface area contributed by atoms with Crippen molar-refractivity contribution in [3.05, 3.63) is 22.7 Å². The van der Waals surface area contributed by atoms with E-state index in [1.807, 2.05) is 43.9 Å². The van der Waals surface area contributed by atoms with Crippen molar-refractivity contribution >= 4 is 48.5 Å². The average molecular weight is 356 g/mol. The van der Waals surface area contributed by atoms with E-state index in [2.05, 4.69) is 26.2 Å². The van der Waals surface area contributed by atoms with Crippen molar-refractivity contribution in [1.29, 1.82) is 0 Å². The molecule has 2 rings (SSSR count). The fraction of sp³-hybridized carbons (Fsp3) is 0.429. The number of aromatic nitrogens is 1. The molecular weight excluding hydrogens is 338 g/mol. The Morgan fingerprint density at radius 1 is 1.45 bits per heavy atom. The first-order valence-corrected chi connectivity index (χ1v) is 8.27. The minimum atomic E-state index is -0.265. The van der Waals surface area contributed by atoms with Gasteiger partial charge >= 0.3 is 0 Å².